The number of sulfonamides is 1. The molecule has 7 nitrogen and oxygen atoms in total. The summed E-state index contributed by atoms with van der Waals surface area (Å²) in [7, 11) is -3.21. The molecular formula is C11H17N3O4S. The average Bonchev–Trinajstić information content (AvgIpc) is 2.33. The lowest BCUT2D eigenvalue weighted by molar-refractivity contribution is 0.242. The molecule has 0 spiro atoms. The van der Waals surface area contributed by atoms with Crippen LogP contribution in [0.25, 0.3) is 0 Å². The molecule has 0 radical (unpaired) electrons. The summed E-state index contributed by atoms with van der Waals surface area (Å²) in [5, 5.41) is 0. The maximum Gasteiger partial charge on any atom is 0.328 e. The Labute approximate surface area is 110 Å². The standard InChI is InChI=1S/C11H17N3O4S/c1-19(17,18)13-6-2-3-9(7-13)8-14-10(15)4-5-12-11(14)16/h4-5,9H,2-3,6-8H2,1H3,(H,12,16). The fraction of sp³-hybridized carbons (Fsp3) is 0.636. The molecule has 8 heteroatoms. The van der Waals surface area contributed by atoms with E-state index >= 15 is 0 Å². The van der Waals surface area contributed by atoms with Crippen LogP contribution < -0.4 is 11.2 Å². The van der Waals surface area contributed by atoms with E-state index in [0.717, 1.165) is 17.4 Å². The lowest BCUT2D eigenvalue weighted by Gasteiger charge is -2.30. The predicted octanol–water partition coefficient (Wildman–Crippen LogP) is -0.792. The number of piperidine rings is 1. The highest BCUT2D eigenvalue weighted by molar-refractivity contribution is 7.88. The third-order valence-electron chi connectivity index (χ3n) is 3.34. The van der Waals surface area contributed by atoms with Gasteiger partial charge in [-0.25, -0.2) is 17.5 Å². The van der Waals surface area contributed by atoms with Crippen LogP contribution in [0.15, 0.2) is 21.9 Å². The van der Waals surface area contributed by atoms with Crippen molar-refractivity contribution in [2.75, 3.05) is 19.3 Å². The van der Waals surface area contributed by atoms with Crippen molar-refractivity contribution in [1.82, 2.24) is 13.9 Å². The first-order chi connectivity index (χ1) is 8.88. The fourth-order valence-corrected chi connectivity index (χ4v) is 3.30. The zero-order valence-electron chi connectivity index (χ0n) is 10.7. The van der Waals surface area contributed by atoms with Crippen LogP contribution >= 0.6 is 0 Å². The molecule has 2 heterocycles. The van der Waals surface area contributed by atoms with Gasteiger partial charge in [-0.15, -0.1) is 0 Å². The van der Waals surface area contributed by atoms with E-state index in [4.69, 9.17) is 0 Å². The van der Waals surface area contributed by atoms with Crippen LogP contribution in [0.5, 0.6) is 0 Å². The fourth-order valence-electron chi connectivity index (χ4n) is 2.36. The van der Waals surface area contributed by atoms with E-state index in [1.165, 1.54) is 22.8 Å². The highest BCUT2D eigenvalue weighted by Crippen LogP contribution is 2.19. The highest BCUT2D eigenvalue weighted by atomic mass is 32.2. The van der Waals surface area contributed by atoms with Crippen molar-refractivity contribution in [3.05, 3.63) is 33.1 Å². The van der Waals surface area contributed by atoms with Crippen molar-refractivity contribution in [3.63, 3.8) is 0 Å². The maximum atomic E-state index is 11.6. The van der Waals surface area contributed by atoms with Crippen LogP contribution in [-0.2, 0) is 16.6 Å². The molecule has 1 N–H and O–H groups in total. The molecule has 1 atom stereocenters. The minimum Gasteiger partial charge on any atom is -0.314 e. The molecule has 0 aliphatic carbocycles. The van der Waals surface area contributed by atoms with Gasteiger partial charge in [0.15, 0.2) is 0 Å². The zero-order valence-corrected chi connectivity index (χ0v) is 11.5. The number of hydrogen-bond acceptors (Lipinski definition) is 4. The van der Waals surface area contributed by atoms with Gasteiger partial charge in [0.1, 0.15) is 0 Å². The Hall–Kier alpha value is -1.41. The molecule has 1 aliphatic rings. The summed E-state index contributed by atoms with van der Waals surface area (Å²) in [4.78, 5) is 25.6. The van der Waals surface area contributed by atoms with Gasteiger partial charge in [-0.3, -0.25) is 9.36 Å². The normalized spacial score (nSPS) is 21.4. The van der Waals surface area contributed by atoms with Crippen LogP contribution in [0, 0.1) is 5.92 Å². The number of nitrogens with one attached hydrogen (secondary N) is 1. The van der Waals surface area contributed by atoms with E-state index in [0.29, 0.717) is 13.1 Å². The van der Waals surface area contributed by atoms with E-state index in [-0.39, 0.29) is 18.0 Å². The molecule has 106 valence electrons. The summed E-state index contributed by atoms with van der Waals surface area (Å²) < 4.78 is 25.5. The molecular weight excluding hydrogens is 270 g/mol. The van der Waals surface area contributed by atoms with Crippen LogP contribution in [0.1, 0.15) is 12.8 Å². The highest BCUT2D eigenvalue weighted by Gasteiger charge is 2.26. The Morgan fingerprint density at radius 1 is 1.42 bits per heavy atom. The van der Waals surface area contributed by atoms with Crippen molar-refractivity contribution in [2.24, 2.45) is 5.92 Å². The molecule has 1 fully saturated rings. The third kappa shape index (κ3) is 3.32. The first-order valence-corrected chi connectivity index (χ1v) is 7.96. The topological polar surface area (TPSA) is 92.2 Å². The summed E-state index contributed by atoms with van der Waals surface area (Å²) >= 11 is 0. The van der Waals surface area contributed by atoms with Crippen molar-refractivity contribution in [1.29, 1.82) is 0 Å². The van der Waals surface area contributed by atoms with Gasteiger partial charge in [-0.2, -0.15) is 0 Å². The van der Waals surface area contributed by atoms with Crippen molar-refractivity contribution >= 4 is 10.0 Å². The van der Waals surface area contributed by atoms with Crippen LogP contribution in [0.3, 0.4) is 0 Å². The molecule has 0 amide bonds. The van der Waals surface area contributed by atoms with E-state index in [9.17, 15) is 18.0 Å². The van der Waals surface area contributed by atoms with Gasteiger partial charge in [-0.1, -0.05) is 0 Å². The monoisotopic (exact) mass is 287 g/mol. The summed E-state index contributed by atoms with van der Waals surface area (Å²) in [6, 6.07) is 1.29. The second-order valence-electron chi connectivity index (χ2n) is 4.86. The molecule has 1 unspecified atom stereocenters. The predicted molar refractivity (Wildman–Crippen MR) is 70.5 cm³/mol. The van der Waals surface area contributed by atoms with Gasteiger partial charge < -0.3 is 4.98 Å². The minimum absolute atomic E-state index is 0.00956. The Balaban J connectivity index is 2.16. The van der Waals surface area contributed by atoms with Crippen LogP contribution in [0.2, 0.25) is 0 Å². The van der Waals surface area contributed by atoms with Gasteiger partial charge in [0.25, 0.3) is 5.56 Å². The van der Waals surface area contributed by atoms with Crippen molar-refractivity contribution in [2.45, 2.75) is 19.4 Å². The largest absolute Gasteiger partial charge is 0.328 e. The molecule has 19 heavy (non-hydrogen) atoms. The second-order valence-corrected chi connectivity index (χ2v) is 6.84. The smallest absolute Gasteiger partial charge is 0.314 e. The Morgan fingerprint density at radius 2 is 2.16 bits per heavy atom. The number of H-pyrrole nitrogens is 1. The zero-order chi connectivity index (χ0) is 14.0. The molecule has 0 aromatic carbocycles. The molecule has 1 aliphatic heterocycles. The van der Waals surface area contributed by atoms with Crippen molar-refractivity contribution in [3.8, 4) is 0 Å². The number of rotatable bonds is 3. The number of nitrogens with zero attached hydrogens (tertiary/aromatic N) is 2. The quantitative estimate of drug-likeness (QED) is 0.788. The van der Waals surface area contributed by atoms with E-state index in [2.05, 4.69) is 4.98 Å². The molecule has 0 bridgehead atoms. The van der Waals surface area contributed by atoms with Gasteiger partial charge in [0.05, 0.1) is 6.26 Å². The molecule has 1 saturated heterocycles. The lowest BCUT2D eigenvalue weighted by atomic mass is 10.00. The molecule has 0 saturated carbocycles. The molecule has 1 aromatic rings. The van der Waals surface area contributed by atoms with Gasteiger partial charge in [0.2, 0.25) is 10.0 Å². The molecule has 2 rings (SSSR count). The summed E-state index contributed by atoms with van der Waals surface area (Å²) in [6.07, 6.45) is 4.05. The number of aromatic nitrogens is 2. The van der Waals surface area contributed by atoms with Crippen LogP contribution in [-0.4, -0.2) is 41.6 Å². The lowest BCUT2D eigenvalue weighted by Crippen LogP contribution is -2.43. The van der Waals surface area contributed by atoms with E-state index in [1.807, 2.05) is 0 Å². The van der Waals surface area contributed by atoms with Gasteiger partial charge in [0, 0.05) is 31.9 Å². The SMILES string of the molecule is CS(=O)(=O)N1CCCC(Cn2c(=O)cc[nH]c2=O)C1. The van der Waals surface area contributed by atoms with E-state index < -0.39 is 15.7 Å². The Bertz CT molecular complexity index is 633. The average molecular weight is 287 g/mol. The minimum atomic E-state index is -3.21. The summed E-state index contributed by atoms with van der Waals surface area (Å²) in [5.41, 5.74) is -0.816. The third-order valence-corrected chi connectivity index (χ3v) is 4.61. The van der Waals surface area contributed by atoms with Crippen LogP contribution in [0.4, 0.5) is 0 Å². The second kappa shape index (κ2) is 5.30. The number of aromatic amines is 1. The summed E-state index contributed by atoms with van der Waals surface area (Å²) in [5.74, 6) is -0.00956. The van der Waals surface area contributed by atoms with Gasteiger partial charge in [-0.05, 0) is 18.8 Å². The van der Waals surface area contributed by atoms with E-state index in [1.54, 1.807) is 0 Å². The summed E-state index contributed by atoms with van der Waals surface area (Å²) in [6.45, 7) is 1.12. The Kier molecular flexibility index (Phi) is 3.91. The van der Waals surface area contributed by atoms with Gasteiger partial charge >= 0.3 is 5.69 Å². The first kappa shape index (κ1) is 14.0. The number of hydrogen-bond donors (Lipinski definition) is 1. The maximum absolute atomic E-state index is 11.6. The first-order valence-electron chi connectivity index (χ1n) is 6.11. The van der Waals surface area contributed by atoms with Crippen molar-refractivity contribution < 1.29 is 8.42 Å². The Morgan fingerprint density at radius 3 is 2.79 bits per heavy atom. The molecule has 1 aromatic heterocycles.